The molecule has 0 aliphatic heterocycles. The number of nitrogens with one attached hydrogen (secondary N) is 2. The molecule has 2 rings (SSSR count). The van der Waals surface area contributed by atoms with Crippen molar-refractivity contribution in [3.05, 3.63) is 59.7 Å². The van der Waals surface area contributed by atoms with E-state index in [-0.39, 0.29) is 17.0 Å². The van der Waals surface area contributed by atoms with Crippen molar-refractivity contribution in [3.8, 4) is 12.3 Å². The summed E-state index contributed by atoms with van der Waals surface area (Å²) in [6.07, 6.45) is 5.01. The highest BCUT2D eigenvalue weighted by molar-refractivity contribution is 7.92. The molecular formula is C19H18N2O5S. The van der Waals surface area contributed by atoms with Crippen LogP contribution in [0.1, 0.15) is 15.9 Å². The summed E-state index contributed by atoms with van der Waals surface area (Å²) in [7, 11) is -3.89. The minimum absolute atomic E-state index is 0.00636. The Balaban J connectivity index is 2.10. The third kappa shape index (κ3) is 5.87. The number of amides is 1. The molecule has 0 aromatic heterocycles. The lowest BCUT2D eigenvalue weighted by Crippen LogP contribution is -2.29. The Bertz CT molecular complexity index is 993. The number of terminal acetylenes is 1. The standard InChI is InChI=1S/C19H18N2O5S/c1-3-10-20-18(22)13-26-19(23)15-7-5-9-17(12-15)27(24,25)21-16-8-4-6-14(2)11-16/h1,4-9,11-12,21H,10,13H2,2H3,(H,20,22). The number of anilines is 1. The van der Waals surface area contributed by atoms with Crippen molar-refractivity contribution in [1.82, 2.24) is 5.32 Å². The minimum Gasteiger partial charge on any atom is -0.452 e. The van der Waals surface area contributed by atoms with Crippen molar-refractivity contribution >= 4 is 27.6 Å². The van der Waals surface area contributed by atoms with Crippen molar-refractivity contribution < 1.29 is 22.7 Å². The lowest BCUT2D eigenvalue weighted by molar-refractivity contribution is -0.123. The second-order valence-electron chi connectivity index (χ2n) is 5.56. The fourth-order valence-corrected chi connectivity index (χ4v) is 3.22. The maximum atomic E-state index is 12.5. The zero-order valence-corrected chi connectivity index (χ0v) is 15.4. The first-order chi connectivity index (χ1) is 12.8. The molecule has 2 aromatic rings. The number of ether oxygens (including phenoxy) is 1. The van der Waals surface area contributed by atoms with Crippen LogP contribution in [-0.2, 0) is 19.6 Å². The second-order valence-corrected chi connectivity index (χ2v) is 7.24. The van der Waals surface area contributed by atoms with Gasteiger partial charge in [-0.2, -0.15) is 0 Å². The summed E-state index contributed by atoms with van der Waals surface area (Å²) in [6, 6.07) is 12.2. The second kappa shape index (κ2) is 8.87. The fraction of sp³-hybridized carbons (Fsp3) is 0.158. The lowest BCUT2D eigenvalue weighted by atomic mass is 10.2. The summed E-state index contributed by atoms with van der Waals surface area (Å²) in [5, 5.41) is 2.35. The number of sulfonamides is 1. The maximum absolute atomic E-state index is 12.5. The Morgan fingerprint density at radius 3 is 2.59 bits per heavy atom. The van der Waals surface area contributed by atoms with E-state index in [4.69, 9.17) is 11.2 Å². The van der Waals surface area contributed by atoms with Gasteiger partial charge in [0.05, 0.1) is 17.0 Å². The van der Waals surface area contributed by atoms with Crippen LogP contribution in [0.15, 0.2) is 53.4 Å². The zero-order chi connectivity index (χ0) is 19.9. The predicted octanol–water partition coefficient (Wildman–Crippen LogP) is 1.70. The molecule has 0 heterocycles. The van der Waals surface area contributed by atoms with E-state index < -0.39 is 28.5 Å². The van der Waals surface area contributed by atoms with Gasteiger partial charge in [-0.05, 0) is 42.8 Å². The topological polar surface area (TPSA) is 102 Å². The van der Waals surface area contributed by atoms with E-state index in [1.54, 1.807) is 18.2 Å². The van der Waals surface area contributed by atoms with Crippen molar-refractivity contribution in [1.29, 1.82) is 0 Å². The number of hydrogen-bond donors (Lipinski definition) is 2. The summed E-state index contributed by atoms with van der Waals surface area (Å²) in [4.78, 5) is 23.4. The first-order valence-electron chi connectivity index (χ1n) is 7.88. The maximum Gasteiger partial charge on any atom is 0.338 e. The van der Waals surface area contributed by atoms with Gasteiger partial charge in [0.1, 0.15) is 0 Å². The number of esters is 1. The molecule has 140 valence electrons. The van der Waals surface area contributed by atoms with E-state index >= 15 is 0 Å². The Hall–Kier alpha value is -3.31. The summed E-state index contributed by atoms with van der Waals surface area (Å²) in [5.41, 5.74) is 1.32. The van der Waals surface area contributed by atoms with E-state index in [1.807, 2.05) is 13.0 Å². The highest BCUT2D eigenvalue weighted by Gasteiger charge is 2.17. The third-order valence-corrected chi connectivity index (χ3v) is 4.75. The normalized spacial score (nSPS) is 10.5. The van der Waals surface area contributed by atoms with Gasteiger partial charge in [0.2, 0.25) is 0 Å². The first kappa shape index (κ1) is 20.0. The minimum atomic E-state index is -3.89. The van der Waals surface area contributed by atoms with Crippen LogP contribution < -0.4 is 10.0 Å². The van der Waals surface area contributed by atoms with Gasteiger partial charge < -0.3 is 10.1 Å². The Kier molecular flexibility index (Phi) is 6.57. The van der Waals surface area contributed by atoms with Gasteiger partial charge in [0, 0.05) is 5.69 Å². The van der Waals surface area contributed by atoms with Gasteiger partial charge in [-0.1, -0.05) is 24.1 Å². The van der Waals surface area contributed by atoms with Gasteiger partial charge >= 0.3 is 5.97 Å². The first-order valence-corrected chi connectivity index (χ1v) is 9.37. The molecule has 7 nitrogen and oxygen atoms in total. The van der Waals surface area contributed by atoms with Gasteiger partial charge in [-0.25, -0.2) is 13.2 Å². The van der Waals surface area contributed by atoms with E-state index in [0.717, 1.165) is 5.56 Å². The number of rotatable bonds is 7. The fourth-order valence-electron chi connectivity index (χ4n) is 2.13. The number of aryl methyl sites for hydroxylation is 1. The molecule has 27 heavy (non-hydrogen) atoms. The molecule has 0 atom stereocenters. The quantitative estimate of drug-likeness (QED) is 0.557. The van der Waals surface area contributed by atoms with Crippen LogP contribution in [-0.4, -0.2) is 33.4 Å². The van der Waals surface area contributed by atoms with Crippen LogP contribution in [0.2, 0.25) is 0 Å². The van der Waals surface area contributed by atoms with E-state index in [1.165, 1.54) is 24.3 Å². The molecule has 0 unspecified atom stereocenters. The van der Waals surface area contributed by atoms with Crippen LogP contribution in [0.3, 0.4) is 0 Å². The molecule has 2 N–H and O–H groups in total. The zero-order valence-electron chi connectivity index (χ0n) is 14.6. The number of carbonyl (C=O) groups is 2. The van der Waals surface area contributed by atoms with Crippen LogP contribution >= 0.6 is 0 Å². The molecule has 2 aromatic carbocycles. The molecule has 8 heteroatoms. The Morgan fingerprint density at radius 1 is 1.15 bits per heavy atom. The molecular weight excluding hydrogens is 368 g/mol. The molecule has 0 saturated carbocycles. The molecule has 0 radical (unpaired) electrons. The van der Waals surface area contributed by atoms with Crippen molar-refractivity contribution in [2.24, 2.45) is 0 Å². The molecule has 0 aliphatic carbocycles. The monoisotopic (exact) mass is 386 g/mol. The molecule has 0 fully saturated rings. The predicted molar refractivity (Wildman–Crippen MR) is 101 cm³/mol. The number of hydrogen-bond acceptors (Lipinski definition) is 5. The molecule has 0 aliphatic rings. The molecule has 0 spiro atoms. The summed E-state index contributed by atoms with van der Waals surface area (Å²) in [6.45, 7) is 1.35. The van der Waals surface area contributed by atoms with Crippen LogP contribution in [0.5, 0.6) is 0 Å². The van der Waals surface area contributed by atoms with Gasteiger partial charge in [-0.3, -0.25) is 9.52 Å². The number of carbonyl (C=O) groups excluding carboxylic acids is 2. The van der Waals surface area contributed by atoms with Crippen LogP contribution in [0.4, 0.5) is 5.69 Å². The Labute approximate surface area is 157 Å². The summed E-state index contributed by atoms with van der Waals surface area (Å²) in [5.74, 6) is 0.849. The highest BCUT2D eigenvalue weighted by Crippen LogP contribution is 2.18. The van der Waals surface area contributed by atoms with E-state index in [2.05, 4.69) is 16.0 Å². The van der Waals surface area contributed by atoms with Gasteiger partial charge in [0.15, 0.2) is 6.61 Å². The SMILES string of the molecule is C#CCNC(=O)COC(=O)c1cccc(S(=O)(=O)Nc2cccc(C)c2)c1. The van der Waals surface area contributed by atoms with Gasteiger partial charge in [0.25, 0.3) is 15.9 Å². The largest absolute Gasteiger partial charge is 0.452 e. The highest BCUT2D eigenvalue weighted by atomic mass is 32.2. The van der Waals surface area contributed by atoms with Crippen LogP contribution in [0, 0.1) is 19.3 Å². The summed E-state index contributed by atoms with van der Waals surface area (Å²) < 4.78 is 32.4. The molecule has 0 bridgehead atoms. The van der Waals surface area contributed by atoms with Gasteiger partial charge in [-0.15, -0.1) is 6.42 Å². The summed E-state index contributed by atoms with van der Waals surface area (Å²) >= 11 is 0. The van der Waals surface area contributed by atoms with Crippen molar-refractivity contribution in [2.75, 3.05) is 17.9 Å². The Morgan fingerprint density at radius 2 is 1.89 bits per heavy atom. The molecule has 0 saturated heterocycles. The van der Waals surface area contributed by atoms with Crippen molar-refractivity contribution in [3.63, 3.8) is 0 Å². The lowest BCUT2D eigenvalue weighted by Gasteiger charge is -2.10. The molecule has 1 amide bonds. The van der Waals surface area contributed by atoms with E-state index in [0.29, 0.717) is 5.69 Å². The third-order valence-electron chi connectivity index (χ3n) is 3.37. The van der Waals surface area contributed by atoms with E-state index in [9.17, 15) is 18.0 Å². The average Bonchev–Trinajstić information content (AvgIpc) is 2.64. The smallest absolute Gasteiger partial charge is 0.338 e. The van der Waals surface area contributed by atoms with Crippen LogP contribution in [0.25, 0.3) is 0 Å². The number of benzene rings is 2. The average molecular weight is 386 g/mol. The van der Waals surface area contributed by atoms with Crippen molar-refractivity contribution in [2.45, 2.75) is 11.8 Å².